The van der Waals surface area contributed by atoms with E-state index in [1.165, 1.54) is 22.2 Å². The van der Waals surface area contributed by atoms with Gasteiger partial charge in [-0.15, -0.1) is 0 Å². The molecular formula is C16H16INO3S2. The maximum absolute atomic E-state index is 12.3. The molecule has 1 saturated heterocycles. The first kappa shape index (κ1) is 18.4. The molecule has 1 aliphatic rings. The van der Waals surface area contributed by atoms with Gasteiger partial charge in [0.15, 0.2) is 0 Å². The van der Waals surface area contributed by atoms with Crippen LogP contribution in [0.1, 0.15) is 31.4 Å². The van der Waals surface area contributed by atoms with Crippen molar-refractivity contribution in [2.75, 3.05) is 6.54 Å². The lowest BCUT2D eigenvalue weighted by atomic mass is 10.0. The summed E-state index contributed by atoms with van der Waals surface area (Å²) in [6.07, 6.45) is 1.68. The number of hydrogen-bond donors (Lipinski definition) is 1. The number of carboxylic acid groups (broad SMARTS) is 1. The van der Waals surface area contributed by atoms with Gasteiger partial charge in [-0.3, -0.25) is 14.5 Å². The first-order chi connectivity index (χ1) is 10.7. The number of alkyl halides is 1. The van der Waals surface area contributed by atoms with Crippen molar-refractivity contribution in [2.24, 2.45) is 0 Å². The van der Waals surface area contributed by atoms with E-state index >= 15 is 0 Å². The number of hydrogen-bond acceptors (Lipinski definition) is 4. The van der Waals surface area contributed by atoms with Crippen LogP contribution in [0.25, 0.3) is 6.08 Å². The van der Waals surface area contributed by atoms with E-state index in [-0.39, 0.29) is 22.3 Å². The fourth-order valence-electron chi connectivity index (χ4n) is 2.03. The summed E-state index contributed by atoms with van der Waals surface area (Å²) in [5.74, 6) is -1.17. The monoisotopic (exact) mass is 461 g/mol. The Kier molecular flexibility index (Phi) is 5.85. The number of carboxylic acids is 1. The van der Waals surface area contributed by atoms with Crippen LogP contribution in [0.5, 0.6) is 0 Å². The van der Waals surface area contributed by atoms with Gasteiger partial charge in [0.1, 0.15) is 4.32 Å². The summed E-state index contributed by atoms with van der Waals surface area (Å²) >= 11 is 8.76. The second-order valence-electron chi connectivity index (χ2n) is 5.57. The minimum Gasteiger partial charge on any atom is -0.481 e. The minimum absolute atomic E-state index is 0.0521. The van der Waals surface area contributed by atoms with Crippen LogP contribution in [0.2, 0.25) is 0 Å². The SMILES string of the molecule is CC(C)(I)c1ccc(/C=C2\SC(=S)N(CCC(=O)O)C2=O)cc1. The molecule has 0 bridgehead atoms. The van der Waals surface area contributed by atoms with E-state index in [4.69, 9.17) is 17.3 Å². The number of aliphatic carboxylic acids is 1. The smallest absolute Gasteiger partial charge is 0.305 e. The topological polar surface area (TPSA) is 57.6 Å². The van der Waals surface area contributed by atoms with Gasteiger partial charge in [-0.05, 0) is 31.1 Å². The highest BCUT2D eigenvalue weighted by Gasteiger charge is 2.32. The molecule has 23 heavy (non-hydrogen) atoms. The highest BCUT2D eigenvalue weighted by molar-refractivity contribution is 14.1. The predicted molar refractivity (Wildman–Crippen MR) is 106 cm³/mol. The largest absolute Gasteiger partial charge is 0.481 e. The van der Waals surface area contributed by atoms with Crippen molar-refractivity contribution in [3.8, 4) is 0 Å². The minimum atomic E-state index is -0.944. The molecule has 1 heterocycles. The van der Waals surface area contributed by atoms with Crippen LogP contribution in [0.4, 0.5) is 0 Å². The molecule has 0 spiro atoms. The number of thioether (sulfide) groups is 1. The number of halogens is 1. The number of rotatable bonds is 5. The zero-order chi connectivity index (χ0) is 17.2. The molecule has 1 aliphatic heterocycles. The zero-order valence-electron chi connectivity index (χ0n) is 12.7. The summed E-state index contributed by atoms with van der Waals surface area (Å²) in [4.78, 5) is 24.8. The Morgan fingerprint density at radius 1 is 1.39 bits per heavy atom. The molecule has 4 nitrogen and oxygen atoms in total. The van der Waals surface area contributed by atoms with Crippen molar-refractivity contribution in [3.63, 3.8) is 0 Å². The lowest BCUT2D eigenvalue weighted by Gasteiger charge is -2.16. The molecule has 0 aromatic heterocycles. The molecule has 1 amide bonds. The Bertz CT molecular complexity index is 678. The molecule has 1 aromatic carbocycles. The van der Waals surface area contributed by atoms with Crippen molar-refractivity contribution in [2.45, 2.75) is 23.7 Å². The highest BCUT2D eigenvalue weighted by atomic mass is 127. The van der Waals surface area contributed by atoms with Gasteiger partial charge in [0.05, 0.1) is 11.3 Å². The summed E-state index contributed by atoms with van der Waals surface area (Å²) in [5, 5.41) is 8.74. The Morgan fingerprint density at radius 2 is 2.00 bits per heavy atom. The third-order valence-corrected chi connectivity index (χ3v) is 5.32. The number of amides is 1. The van der Waals surface area contributed by atoms with Crippen LogP contribution >= 0.6 is 46.6 Å². The van der Waals surface area contributed by atoms with Gasteiger partial charge in [-0.2, -0.15) is 0 Å². The Hall–Kier alpha value is -0.930. The van der Waals surface area contributed by atoms with Crippen LogP contribution in [-0.4, -0.2) is 32.7 Å². The van der Waals surface area contributed by atoms with Gasteiger partial charge in [-0.1, -0.05) is 70.8 Å². The molecule has 0 saturated carbocycles. The lowest BCUT2D eigenvalue weighted by Crippen LogP contribution is -2.30. The van der Waals surface area contributed by atoms with Crippen LogP contribution in [-0.2, 0) is 13.0 Å². The van der Waals surface area contributed by atoms with Crippen LogP contribution in [0, 0.1) is 0 Å². The summed E-state index contributed by atoms with van der Waals surface area (Å²) in [6.45, 7) is 4.38. The van der Waals surface area contributed by atoms with E-state index < -0.39 is 5.97 Å². The maximum Gasteiger partial charge on any atom is 0.305 e. The Labute approximate surface area is 158 Å². The number of carbonyl (C=O) groups excluding carboxylic acids is 1. The quantitative estimate of drug-likeness (QED) is 0.311. The van der Waals surface area contributed by atoms with E-state index in [9.17, 15) is 9.59 Å². The molecule has 0 radical (unpaired) electrons. The first-order valence-electron chi connectivity index (χ1n) is 6.95. The summed E-state index contributed by atoms with van der Waals surface area (Å²) < 4.78 is 0.462. The van der Waals surface area contributed by atoms with E-state index in [1.54, 1.807) is 6.08 Å². The molecule has 0 atom stereocenters. The van der Waals surface area contributed by atoms with E-state index in [0.29, 0.717) is 9.23 Å². The van der Waals surface area contributed by atoms with Crippen LogP contribution < -0.4 is 0 Å². The molecule has 7 heteroatoms. The fraction of sp³-hybridized carbons (Fsp3) is 0.312. The molecule has 1 N–H and O–H groups in total. The number of nitrogens with zero attached hydrogens (tertiary/aromatic N) is 1. The van der Waals surface area contributed by atoms with Crippen molar-refractivity contribution in [1.29, 1.82) is 0 Å². The number of thiocarbonyl (C=S) groups is 1. The van der Waals surface area contributed by atoms with Crippen LogP contribution in [0.3, 0.4) is 0 Å². The van der Waals surface area contributed by atoms with Gasteiger partial charge in [0.25, 0.3) is 5.91 Å². The van der Waals surface area contributed by atoms with Crippen molar-refractivity contribution in [1.82, 2.24) is 4.90 Å². The van der Waals surface area contributed by atoms with Gasteiger partial charge in [0.2, 0.25) is 0 Å². The maximum atomic E-state index is 12.3. The van der Waals surface area contributed by atoms with Crippen molar-refractivity contribution >= 4 is 68.8 Å². The van der Waals surface area contributed by atoms with E-state index in [1.807, 2.05) is 24.3 Å². The van der Waals surface area contributed by atoms with Gasteiger partial charge in [-0.25, -0.2) is 0 Å². The number of benzene rings is 1. The van der Waals surface area contributed by atoms with Gasteiger partial charge >= 0.3 is 5.97 Å². The van der Waals surface area contributed by atoms with E-state index in [0.717, 1.165) is 5.56 Å². The standard InChI is InChI=1S/C16H16INO3S2/c1-16(2,17)11-5-3-10(4-6-11)9-12-14(21)18(15(22)23-12)8-7-13(19)20/h3-6,9H,7-8H2,1-2H3,(H,19,20)/b12-9-. The highest BCUT2D eigenvalue weighted by Crippen LogP contribution is 2.34. The summed E-state index contributed by atoms with van der Waals surface area (Å²) in [7, 11) is 0. The number of carbonyl (C=O) groups is 2. The molecule has 122 valence electrons. The Morgan fingerprint density at radius 3 is 2.52 bits per heavy atom. The average Bonchev–Trinajstić information content (AvgIpc) is 2.71. The van der Waals surface area contributed by atoms with Gasteiger partial charge in [0, 0.05) is 9.97 Å². The normalized spacial score (nSPS) is 17.2. The average molecular weight is 461 g/mol. The van der Waals surface area contributed by atoms with Crippen molar-refractivity contribution in [3.05, 3.63) is 40.3 Å². The molecule has 0 aliphatic carbocycles. The van der Waals surface area contributed by atoms with E-state index in [2.05, 4.69) is 36.4 Å². The van der Waals surface area contributed by atoms with Crippen LogP contribution in [0.15, 0.2) is 29.2 Å². The Balaban J connectivity index is 2.15. The molecule has 0 unspecified atom stereocenters. The lowest BCUT2D eigenvalue weighted by molar-refractivity contribution is -0.137. The third kappa shape index (κ3) is 4.77. The molecular weight excluding hydrogens is 445 g/mol. The summed E-state index contributed by atoms with van der Waals surface area (Å²) in [6, 6.07) is 8.03. The fourth-order valence-corrected chi connectivity index (χ4v) is 3.70. The molecule has 2 rings (SSSR count). The third-order valence-electron chi connectivity index (χ3n) is 3.32. The molecule has 1 aromatic rings. The second kappa shape index (κ2) is 7.31. The predicted octanol–water partition coefficient (Wildman–Crippen LogP) is 4.03. The summed E-state index contributed by atoms with van der Waals surface area (Å²) in [5.41, 5.74) is 2.14. The van der Waals surface area contributed by atoms with Crippen molar-refractivity contribution < 1.29 is 14.7 Å². The zero-order valence-corrected chi connectivity index (χ0v) is 16.5. The van der Waals surface area contributed by atoms with Gasteiger partial charge < -0.3 is 5.11 Å². The first-order valence-corrected chi connectivity index (χ1v) is 9.25. The second-order valence-corrected chi connectivity index (χ2v) is 9.94. The molecule has 1 fully saturated rings.